The monoisotopic (exact) mass is 294 g/mol. The Labute approximate surface area is 117 Å². The fourth-order valence-corrected chi connectivity index (χ4v) is 2.34. The van der Waals surface area contributed by atoms with Gasteiger partial charge in [0.15, 0.2) is 0 Å². The quantitative estimate of drug-likeness (QED) is 0.791. The number of hydrogen-bond donors (Lipinski definition) is 2. The van der Waals surface area contributed by atoms with Crippen LogP contribution in [0.2, 0.25) is 0 Å². The summed E-state index contributed by atoms with van der Waals surface area (Å²) in [4.78, 5) is 0. The number of nitrogens with one attached hydrogen (secondary N) is 1. The fraction of sp³-hybridized carbons (Fsp3) is 0.538. The Kier molecular flexibility index (Phi) is 5.35. The minimum Gasteiger partial charge on any atom is -0.397 e. The smallest absolute Gasteiger partial charge is 0.397 e. The van der Waals surface area contributed by atoms with E-state index in [0.29, 0.717) is 11.7 Å². The van der Waals surface area contributed by atoms with Crippen molar-refractivity contribution in [3.63, 3.8) is 0 Å². The van der Waals surface area contributed by atoms with Crippen LogP contribution in [0.1, 0.15) is 37.7 Å². The van der Waals surface area contributed by atoms with Gasteiger partial charge in [-0.3, -0.25) is 0 Å². The Hall–Kier alpha value is -1.10. The van der Waals surface area contributed by atoms with E-state index in [0.717, 1.165) is 37.8 Å². The summed E-state index contributed by atoms with van der Waals surface area (Å²) in [7, 11) is 0. The summed E-state index contributed by atoms with van der Waals surface area (Å²) in [5.74, 6) is 0. The number of alkyl halides is 3. The number of benzene rings is 1. The molecule has 108 valence electrons. The van der Waals surface area contributed by atoms with Gasteiger partial charge in [0, 0.05) is 6.04 Å². The standard InChI is InChI=1S/C13H17F3N2.ClH/c14-13(15,16)9-6-7-12(11(17)8-9)18-10-4-2-1-3-5-10;/h6-8,10,18H,1-5,17H2;1H. The molecule has 0 aromatic heterocycles. The molecule has 0 atom stereocenters. The van der Waals surface area contributed by atoms with E-state index in [1.165, 1.54) is 12.5 Å². The van der Waals surface area contributed by atoms with Gasteiger partial charge in [-0.1, -0.05) is 19.3 Å². The third-order valence-electron chi connectivity index (χ3n) is 3.34. The zero-order chi connectivity index (χ0) is 13.2. The van der Waals surface area contributed by atoms with Crippen LogP contribution in [0, 0.1) is 0 Å². The zero-order valence-electron chi connectivity index (χ0n) is 10.5. The van der Waals surface area contributed by atoms with Gasteiger partial charge in [0.25, 0.3) is 0 Å². The second-order valence-corrected chi connectivity index (χ2v) is 4.78. The molecule has 0 saturated heterocycles. The van der Waals surface area contributed by atoms with Crippen molar-refractivity contribution in [2.45, 2.75) is 44.3 Å². The predicted octanol–water partition coefficient (Wildman–Crippen LogP) is 4.45. The first-order valence-electron chi connectivity index (χ1n) is 6.20. The first-order valence-corrected chi connectivity index (χ1v) is 6.20. The fourth-order valence-electron chi connectivity index (χ4n) is 2.34. The predicted molar refractivity (Wildman–Crippen MR) is 73.6 cm³/mol. The highest BCUT2D eigenvalue weighted by Gasteiger charge is 2.30. The molecular formula is C13H18ClF3N2. The molecule has 0 spiro atoms. The summed E-state index contributed by atoms with van der Waals surface area (Å²) < 4.78 is 37.4. The molecule has 1 fully saturated rings. The van der Waals surface area contributed by atoms with Crippen LogP contribution in [-0.4, -0.2) is 6.04 Å². The van der Waals surface area contributed by atoms with Crippen LogP contribution < -0.4 is 11.1 Å². The number of halogens is 4. The summed E-state index contributed by atoms with van der Waals surface area (Å²) in [6.45, 7) is 0. The van der Waals surface area contributed by atoms with E-state index in [-0.39, 0.29) is 18.1 Å². The Morgan fingerprint density at radius 1 is 1.11 bits per heavy atom. The maximum atomic E-state index is 12.5. The van der Waals surface area contributed by atoms with E-state index in [1.54, 1.807) is 0 Å². The molecule has 1 aliphatic rings. The Morgan fingerprint density at radius 2 is 1.74 bits per heavy atom. The van der Waals surface area contributed by atoms with Crippen LogP contribution in [-0.2, 0) is 6.18 Å². The van der Waals surface area contributed by atoms with Crippen molar-refractivity contribution in [3.8, 4) is 0 Å². The van der Waals surface area contributed by atoms with Gasteiger partial charge in [-0.2, -0.15) is 13.2 Å². The van der Waals surface area contributed by atoms with Crippen molar-refractivity contribution in [2.24, 2.45) is 0 Å². The average molecular weight is 295 g/mol. The summed E-state index contributed by atoms with van der Waals surface area (Å²) in [5, 5.41) is 3.24. The first-order chi connectivity index (χ1) is 8.47. The highest BCUT2D eigenvalue weighted by molar-refractivity contribution is 5.85. The van der Waals surface area contributed by atoms with Crippen LogP contribution in [0.4, 0.5) is 24.5 Å². The van der Waals surface area contributed by atoms with Crippen molar-refractivity contribution in [1.82, 2.24) is 0 Å². The molecule has 1 aliphatic carbocycles. The lowest BCUT2D eigenvalue weighted by Gasteiger charge is -2.24. The topological polar surface area (TPSA) is 38.0 Å². The van der Waals surface area contributed by atoms with E-state index >= 15 is 0 Å². The molecule has 0 bridgehead atoms. The third kappa shape index (κ3) is 4.20. The van der Waals surface area contributed by atoms with E-state index < -0.39 is 11.7 Å². The lowest BCUT2D eigenvalue weighted by molar-refractivity contribution is -0.137. The van der Waals surface area contributed by atoms with Crippen LogP contribution in [0.25, 0.3) is 0 Å². The highest BCUT2D eigenvalue weighted by Crippen LogP contribution is 2.33. The highest BCUT2D eigenvalue weighted by atomic mass is 35.5. The molecule has 0 unspecified atom stereocenters. The largest absolute Gasteiger partial charge is 0.416 e. The van der Waals surface area contributed by atoms with Crippen molar-refractivity contribution >= 4 is 23.8 Å². The number of nitrogen functional groups attached to an aromatic ring is 1. The summed E-state index contributed by atoms with van der Waals surface area (Å²) in [5.41, 5.74) is 5.74. The van der Waals surface area contributed by atoms with Crippen LogP contribution in [0.5, 0.6) is 0 Å². The minimum atomic E-state index is -4.34. The van der Waals surface area contributed by atoms with Gasteiger partial charge in [0.2, 0.25) is 0 Å². The summed E-state index contributed by atoms with van der Waals surface area (Å²) in [6.07, 6.45) is 1.34. The lowest BCUT2D eigenvalue weighted by atomic mass is 9.95. The minimum absolute atomic E-state index is 0. The average Bonchev–Trinajstić information content (AvgIpc) is 2.32. The molecule has 3 N–H and O–H groups in total. The maximum absolute atomic E-state index is 12.5. The molecule has 0 radical (unpaired) electrons. The van der Waals surface area contributed by atoms with Crippen LogP contribution in [0.15, 0.2) is 18.2 Å². The van der Waals surface area contributed by atoms with Gasteiger partial charge in [-0.15, -0.1) is 12.4 Å². The molecule has 1 aromatic rings. The molecule has 1 saturated carbocycles. The number of rotatable bonds is 2. The second-order valence-electron chi connectivity index (χ2n) is 4.78. The van der Waals surface area contributed by atoms with Gasteiger partial charge < -0.3 is 11.1 Å². The molecule has 2 nitrogen and oxygen atoms in total. The molecular weight excluding hydrogens is 277 g/mol. The Morgan fingerprint density at radius 3 is 2.26 bits per heavy atom. The number of anilines is 2. The summed E-state index contributed by atoms with van der Waals surface area (Å²) >= 11 is 0. The number of hydrogen-bond acceptors (Lipinski definition) is 2. The van der Waals surface area contributed by atoms with Crippen LogP contribution in [0.3, 0.4) is 0 Å². The molecule has 6 heteroatoms. The number of nitrogens with two attached hydrogens (primary N) is 1. The Bertz CT molecular complexity index is 415. The van der Waals surface area contributed by atoms with Gasteiger partial charge in [-0.25, -0.2) is 0 Å². The van der Waals surface area contributed by atoms with Crippen molar-refractivity contribution < 1.29 is 13.2 Å². The van der Waals surface area contributed by atoms with E-state index in [4.69, 9.17) is 5.73 Å². The van der Waals surface area contributed by atoms with Crippen molar-refractivity contribution in [3.05, 3.63) is 23.8 Å². The first kappa shape index (κ1) is 16.0. The molecule has 0 aliphatic heterocycles. The molecule has 0 heterocycles. The van der Waals surface area contributed by atoms with E-state index in [1.807, 2.05) is 0 Å². The van der Waals surface area contributed by atoms with Gasteiger partial charge in [0.1, 0.15) is 0 Å². The zero-order valence-corrected chi connectivity index (χ0v) is 11.3. The lowest BCUT2D eigenvalue weighted by Crippen LogP contribution is -2.23. The van der Waals surface area contributed by atoms with Gasteiger partial charge in [0.05, 0.1) is 16.9 Å². The molecule has 19 heavy (non-hydrogen) atoms. The van der Waals surface area contributed by atoms with Crippen LogP contribution >= 0.6 is 12.4 Å². The van der Waals surface area contributed by atoms with Crippen molar-refractivity contribution in [2.75, 3.05) is 11.1 Å². The third-order valence-corrected chi connectivity index (χ3v) is 3.34. The second kappa shape index (κ2) is 6.37. The normalized spacial score (nSPS) is 16.8. The van der Waals surface area contributed by atoms with Gasteiger partial charge >= 0.3 is 6.18 Å². The maximum Gasteiger partial charge on any atom is 0.416 e. The summed E-state index contributed by atoms with van der Waals surface area (Å²) in [6, 6.07) is 3.82. The molecule has 2 rings (SSSR count). The molecule has 0 amide bonds. The van der Waals surface area contributed by atoms with Crippen molar-refractivity contribution in [1.29, 1.82) is 0 Å². The van der Waals surface area contributed by atoms with E-state index in [9.17, 15) is 13.2 Å². The molecule has 1 aromatic carbocycles. The van der Waals surface area contributed by atoms with E-state index in [2.05, 4.69) is 5.32 Å². The Balaban J connectivity index is 0.00000180. The SMILES string of the molecule is Cl.Nc1cc(C(F)(F)F)ccc1NC1CCCCC1. The van der Waals surface area contributed by atoms with Gasteiger partial charge in [-0.05, 0) is 31.0 Å².